The van der Waals surface area contributed by atoms with Crippen molar-refractivity contribution >= 4 is 39.1 Å². The third-order valence-electron chi connectivity index (χ3n) is 5.34. The van der Waals surface area contributed by atoms with E-state index >= 15 is 0 Å². The molecule has 0 saturated heterocycles. The largest absolute Gasteiger partial charge is 0.490 e. The minimum absolute atomic E-state index is 0.0728. The normalized spacial score (nSPS) is 11.4. The monoisotopic (exact) mass is 492 g/mol. The molecule has 0 amide bonds. The maximum atomic E-state index is 13.4. The highest BCUT2D eigenvalue weighted by Gasteiger charge is 2.18. The Morgan fingerprint density at radius 1 is 0.941 bits per heavy atom. The van der Waals surface area contributed by atoms with Crippen LogP contribution in [-0.2, 0) is 12.3 Å². The molecule has 2 aromatic carbocycles. The molecule has 0 spiro atoms. The number of fused-ring (bicyclic) bond motifs is 3. The Morgan fingerprint density at radius 2 is 1.74 bits per heavy atom. The molecule has 7 nitrogen and oxygen atoms in total. The SMILES string of the molecule is CCOc1ccc(Cn2c(=O)c3sccc3n3c(SCc4ccccc4)nnc23)cc1OCC. The number of hydrogen-bond acceptors (Lipinski definition) is 7. The summed E-state index contributed by atoms with van der Waals surface area (Å²) in [4.78, 5) is 13.4. The van der Waals surface area contributed by atoms with Gasteiger partial charge in [0.2, 0.25) is 5.78 Å². The number of aromatic nitrogens is 4. The van der Waals surface area contributed by atoms with Crippen LogP contribution in [0.15, 0.2) is 69.9 Å². The molecule has 0 aliphatic carbocycles. The molecule has 5 aromatic rings. The van der Waals surface area contributed by atoms with Crippen LogP contribution in [0.2, 0.25) is 0 Å². The van der Waals surface area contributed by atoms with Gasteiger partial charge >= 0.3 is 0 Å². The Bertz CT molecular complexity index is 1490. The highest BCUT2D eigenvalue weighted by molar-refractivity contribution is 7.98. The lowest BCUT2D eigenvalue weighted by molar-refractivity contribution is 0.287. The predicted octanol–water partition coefficient (Wildman–Crippen LogP) is 5.24. The highest BCUT2D eigenvalue weighted by Crippen LogP contribution is 2.30. The van der Waals surface area contributed by atoms with Crippen molar-refractivity contribution in [2.24, 2.45) is 0 Å². The number of rotatable bonds is 9. The molecule has 0 bridgehead atoms. The van der Waals surface area contributed by atoms with E-state index in [0.717, 1.165) is 22.0 Å². The fourth-order valence-electron chi connectivity index (χ4n) is 3.83. The second kappa shape index (κ2) is 9.90. The van der Waals surface area contributed by atoms with Crippen LogP contribution in [0.1, 0.15) is 25.0 Å². The van der Waals surface area contributed by atoms with Gasteiger partial charge in [0.15, 0.2) is 16.7 Å². The van der Waals surface area contributed by atoms with Crippen molar-refractivity contribution < 1.29 is 9.47 Å². The molecular formula is C25H24N4O3S2. The number of ether oxygens (including phenoxy) is 2. The summed E-state index contributed by atoms with van der Waals surface area (Å²) < 4.78 is 15.8. The van der Waals surface area contributed by atoms with E-state index in [2.05, 4.69) is 22.3 Å². The summed E-state index contributed by atoms with van der Waals surface area (Å²) in [5.41, 5.74) is 2.89. The van der Waals surface area contributed by atoms with Crippen molar-refractivity contribution in [2.45, 2.75) is 31.3 Å². The number of thiophene rings is 1. The zero-order valence-electron chi connectivity index (χ0n) is 18.9. The molecule has 0 radical (unpaired) electrons. The third kappa shape index (κ3) is 4.28. The Labute approximate surface area is 205 Å². The summed E-state index contributed by atoms with van der Waals surface area (Å²) in [5.74, 6) is 2.66. The Hall–Kier alpha value is -3.30. The summed E-state index contributed by atoms with van der Waals surface area (Å²) in [7, 11) is 0. The van der Waals surface area contributed by atoms with E-state index in [0.29, 0.717) is 41.7 Å². The second-order valence-electron chi connectivity index (χ2n) is 7.57. The molecular weight excluding hydrogens is 468 g/mol. The van der Waals surface area contributed by atoms with Gasteiger partial charge in [0.05, 0.1) is 25.3 Å². The molecule has 3 aromatic heterocycles. The van der Waals surface area contributed by atoms with Crippen molar-refractivity contribution in [3.05, 3.63) is 81.5 Å². The number of hydrogen-bond donors (Lipinski definition) is 0. The van der Waals surface area contributed by atoms with Crippen molar-refractivity contribution in [2.75, 3.05) is 13.2 Å². The molecule has 9 heteroatoms. The first-order chi connectivity index (χ1) is 16.7. The van der Waals surface area contributed by atoms with Gasteiger partial charge in [0, 0.05) is 5.75 Å². The summed E-state index contributed by atoms with van der Waals surface area (Å²) in [6.07, 6.45) is 0. The van der Waals surface area contributed by atoms with E-state index in [-0.39, 0.29) is 5.56 Å². The number of benzene rings is 2. The molecule has 34 heavy (non-hydrogen) atoms. The van der Waals surface area contributed by atoms with Crippen molar-refractivity contribution in [3.63, 3.8) is 0 Å². The van der Waals surface area contributed by atoms with Crippen LogP contribution in [0.4, 0.5) is 0 Å². The smallest absolute Gasteiger partial charge is 0.273 e. The molecule has 3 heterocycles. The van der Waals surface area contributed by atoms with Gasteiger partial charge in [0.25, 0.3) is 5.56 Å². The zero-order valence-corrected chi connectivity index (χ0v) is 20.6. The first-order valence-corrected chi connectivity index (χ1v) is 13.0. The van der Waals surface area contributed by atoms with Crippen LogP contribution in [0.5, 0.6) is 11.5 Å². The number of thioether (sulfide) groups is 1. The van der Waals surface area contributed by atoms with Gasteiger partial charge in [-0.05, 0) is 48.6 Å². The highest BCUT2D eigenvalue weighted by atomic mass is 32.2. The summed E-state index contributed by atoms with van der Waals surface area (Å²) in [6.45, 7) is 5.31. The first-order valence-electron chi connectivity index (χ1n) is 11.1. The van der Waals surface area contributed by atoms with Gasteiger partial charge in [-0.15, -0.1) is 21.5 Å². The minimum Gasteiger partial charge on any atom is -0.490 e. The van der Waals surface area contributed by atoms with Crippen LogP contribution >= 0.6 is 23.1 Å². The lowest BCUT2D eigenvalue weighted by Crippen LogP contribution is -2.23. The third-order valence-corrected chi connectivity index (χ3v) is 7.23. The average Bonchev–Trinajstić information content (AvgIpc) is 3.50. The molecule has 5 rings (SSSR count). The zero-order chi connectivity index (χ0) is 23.5. The van der Waals surface area contributed by atoms with Gasteiger partial charge in [0.1, 0.15) is 4.70 Å². The predicted molar refractivity (Wildman–Crippen MR) is 137 cm³/mol. The van der Waals surface area contributed by atoms with E-state index in [1.54, 1.807) is 16.3 Å². The maximum Gasteiger partial charge on any atom is 0.273 e. The average molecular weight is 493 g/mol. The quantitative estimate of drug-likeness (QED) is 0.262. The van der Waals surface area contributed by atoms with Gasteiger partial charge in [-0.25, -0.2) is 0 Å². The van der Waals surface area contributed by atoms with Crippen LogP contribution < -0.4 is 15.0 Å². The molecule has 0 atom stereocenters. The lowest BCUT2D eigenvalue weighted by Gasteiger charge is -2.14. The molecule has 0 saturated carbocycles. The molecule has 0 N–H and O–H groups in total. The number of nitrogens with zero attached hydrogens (tertiary/aromatic N) is 4. The van der Waals surface area contributed by atoms with Gasteiger partial charge < -0.3 is 9.47 Å². The van der Waals surface area contributed by atoms with E-state index < -0.39 is 0 Å². The molecule has 0 aliphatic heterocycles. The van der Waals surface area contributed by atoms with E-state index in [4.69, 9.17) is 9.47 Å². The molecule has 0 fully saturated rings. The topological polar surface area (TPSA) is 70.7 Å². The van der Waals surface area contributed by atoms with E-state index in [1.807, 2.05) is 66.1 Å². The minimum atomic E-state index is -0.0728. The maximum absolute atomic E-state index is 13.4. The molecule has 174 valence electrons. The molecule has 0 aliphatic rings. The van der Waals surface area contributed by atoms with Crippen LogP contribution in [0, 0.1) is 0 Å². The summed E-state index contributed by atoms with van der Waals surface area (Å²) in [5, 5.41) is 11.6. The van der Waals surface area contributed by atoms with Gasteiger partial charge in [-0.2, -0.15) is 0 Å². The molecule has 0 unspecified atom stereocenters. The van der Waals surface area contributed by atoms with Crippen LogP contribution in [0.25, 0.3) is 16.0 Å². The van der Waals surface area contributed by atoms with Crippen molar-refractivity contribution in [1.82, 2.24) is 19.2 Å². The van der Waals surface area contributed by atoms with Crippen molar-refractivity contribution in [1.29, 1.82) is 0 Å². The summed E-state index contributed by atoms with van der Waals surface area (Å²) in [6, 6.07) is 18.0. The fourth-order valence-corrected chi connectivity index (χ4v) is 5.55. The van der Waals surface area contributed by atoms with Gasteiger partial charge in [-0.3, -0.25) is 13.8 Å². The van der Waals surface area contributed by atoms with E-state index in [9.17, 15) is 4.79 Å². The first kappa shape index (κ1) is 22.5. The van der Waals surface area contributed by atoms with E-state index in [1.165, 1.54) is 16.9 Å². The second-order valence-corrected chi connectivity index (χ2v) is 9.42. The fraction of sp³-hybridized carbons (Fsp3) is 0.240. The van der Waals surface area contributed by atoms with Crippen LogP contribution in [-0.4, -0.2) is 32.4 Å². The Kier molecular flexibility index (Phi) is 6.55. The van der Waals surface area contributed by atoms with Gasteiger partial charge in [-0.1, -0.05) is 48.2 Å². The van der Waals surface area contributed by atoms with Crippen LogP contribution in [0.3, 0.4) is 0 Å². The summed E-state index contributed by atoms with van der Waals surface area (Å²) >= 11 is 3.04. The van der Waals surface area contributed by atoms with Crippen molar-refractivity contribution in [3.8, 4) is 11.5 Å². The Morgan fingerprint density at radius 3 is 2.53 bits per heavy atom. The standard InChI is InChI=1S/C25H24N4O3S2/c1-3-31-20-11-10-18(14-21(20)32-4-2)15-28-23(30)22-19(12-13-33-22)29-24(28)26-27-25(29)34-16-17-8-6-5-7-9-17/h5-14H,3-4,15-16H2,1-2H3. The lowest BCUT2D eigenvalue weighted by atomic mass is 10.2. The Balaban J connectivity index is 1.56.